The molecule has 1 aliphatic heterocycles. The van der Waals surface area contributed by atoms with E-state index in [0.717, 1.165) is 51.3 Å². The number of hydrogen-bond acceptors (Lipinski definition) is 4. The molecule has 1 fully saturated rings. The highest BCUT2D eigenvalue weighted by molar-refractivity contribution is 6.29. The molecule has 1 aromatic rings. The molecular formula is C17H27ClN2O2. The average Bonchev–Trinajstić information content (AvgIpc) is 2.55. The van der Waals surface area contributed by atoms with E-state index in [-0.39, 0.29) is 6.10 Å². The van der Waals surface area contributed by atoms with Gasteiger partial charge in [0.25, 0.3) is 0 Å². The zero-order chi connectivity index (χ0) is 15.8. The van der Waals surface area contributed by atoms with Crippen molar-refractivity contribution in [2.45, 2.75) is 45.1 Å². The van der Waals surface area contributed by atoms with Crippen molar-refractivity contribution in [2.75, 3.05) is 26.2 Å². The largest absolute Gasteiger partial charge is 0.492 e. The molecule has 0 spiro atoms. The van der Waals surface area contributed by atoms with Gasteiger partial charge in [0.15, 0.2) is 0 Å². The number of aliphatic hydroxyl groups excluding tert-OH is 1. The highest BCUT2D eigenvalue weighted by Gasteiger charge is 2.19. The maximum absolute atomic E-state index is 9.58. The predicted molar refractivity (Wildman–Crippen MR) is 89.4 cm³/mol. The Morgan fingerprint density at radius 3 is 2.82 bits per heavy atom. The van der Waals surface area contributed by atoms with Crippen LogP contribution in [0, 0.1) is 5.92 Å². The maximum Gasteiger partial charge on any atom is 0.137 e. The fourth-order valence-electron chi connectivity index (χ4n) is 2.79. The van der Waals surface area contributed by atoms with Crippen molar-refractivity contribution < 1.29 is 9.84 Å². The standard InChI is InChI=1S/C17H27ClN2O2/c1-2-15(21)4-3-9-20-10-7-14(8-11-20)13-22-16-5-6-17(18)19-12-16/h5-6,12,14-15,21H,2-4,7-11,13H2,1H3. The van der Waals surface area contributed by atoms with Gasteiger partial charge in [-0.05, 0) is 69.8 Å². The summed E-state index contributed by atoms with van der Waals surface area (Å²) in [7, 11) is 0. The molecule has 0 aromatic carbocycles. The van der Waals surface area contributed by atoms with E-state index in [0.29, 0.717) is 11.1 Å². The second-order valence-electron chi connectivity index (χ2n) is 6.12. The molecule has 1 saturated heterocycles. The van der Waals surface area contributed by atoms with E-state index >= 15 is 0 Å². The Morgan fingerprint density at radius 1 is 1.41 bits per heavy atom. The summed E-state index contributed by atoms with van der Waals surface area (Å²) in [5.41, 5.74) is 0. The molecule has 0 radical (unpaired) electrons. The van der Waals surface area contributed by atoms with Crippen LogP contribution in [0.4, 0.5) is 0 Å². The van der Waals surface area contributed by atoms with Crippen molar-refractivity contribution in [3.63, 3.8) is 0 Å². The molecule has 2 rings (SSSR count). The topological polar surface area (TPSA) is 45.6 Å². The van der Waals surface area contributed by atoms with E-state index < -0.39 is 0 Å². The van der Waals surface area contributed by atoms with Crippen molar-refractivity contribution in [3.05, 3.63) is 23.5 Å². The van der Waals surface area contributed by atoms with Gasteiger partial charge in [-0.2, -0.15) is 0 Å². The van der Waals surface area contributed by atoms with Crippen LogP contribution in [0.3, 0.4) is 0 Å². The summed E-state index contributed by atoms with van der Waals surface area (Å²) in [4.78, 5) is 6.52. The molecule has 1 aromatic heterocycles. The summed E-state index contributed by atoms with van der Waals surface area (Å²) in [5, 5.41) is 10.1. The summed E-state index contributed by atoms with van der Waals surface area (Å²) in [6.07, 6.45) is 6.78. The second kappa shape index (κ2) is 9.33. The molecule has 4 nitrogen and oxygen atoms in total. The number of likely N-dealkylation sites (tertiary alicyclic amines) is 1. The number of hydrogen-bond donors (Lipinski definition) is 1. The number of aliphatic hydroxyl groups is 1. The maximum atomic E-state index is 9.58. The van der Waals surface area contributed by atoms with E-state index in [1.165, 1.54) is 12.8 Å². The minimum atomic E-state index is -0.126. The van der Waals surface area contributed by atoms with E-state index in [1.807, 2.05) is 13.0 Å². The van der Waals surface area contributed by atoms with E-state index in [4.69, 9.17) is 16.3 Å². The lowest BCUT2D eigenvalue weighted by molar-refractivity contribution is 0.124. The molecule has 2 heterocycles. The summed E-state index contributed by atoms with van der Waals surface area (Å²) in [5.74, 6) is 1.41. The molecule has 0 amide bonds. The fourth-order valence-corrected chi connectivity index (χ4v) is 2.90. The van der Waals surface area contributed by atoms with Crippen LogP contribution in [0.2, 0.25) is 5.15 Å². The third-order valence-electron chi connectivity index (χ3n) is 4.38. The number of aromatic nitrogens is 1. The van der Waals surface area contributed by atoms with Crippen molar-refractivity contribution >= 4 is 11.6 Å². The molecule has 5 heteroatoms. The number of halogens is 1. The first-order valence-corrected chi connectivity index (χ1v) is 8.70. The highest BCUT2D eigenvalue weighted by Crippen LogP contribution is 2.20. The van der Waals surface area contributed by atoms with Crippen molar-refractivity contribution in [1.29, 1.82) is 0 Å². The van der Waals surface area contributed by atoms with Crippen LogP contribution >= 0.6 is 11.6 Å². The lowest BCUT2D eigenvalue weighted by Crippen LogP contribution is -2.36. The van der Waals surface area contributed by atoms with Gasteiger partial charge in [0.1, 0.15) is 10.9 Å². The molecule has 1 N–H and O–H groups in total. The predicted octanol–water partition coefficient (Wildman–Crippen LogP) is 3.38. The van der Waals surface area contributed by atoms with Crippen LogP contribution in [0.25, 0.3) is 0 Å². The Balaban J connectivity index is 1.59. The van der Waals surface area contributed by atoms with E-state index in [2.05, 4.69) is 9.88 Å². The number of pyridine rings is 1. The quantitative estimate of drug-likeness (QED) is 0.744. The van der Waals surface area contributed by atoms with E-state index in [9.17, 15) is 5.11 Å². The van der Waals surface area contributed by atoms with Gasteiger partial charge in [-0.1, -0.05) is 18.5 Å². The molecular weight excluding hydrogens is 300 g/mol. The number of nitrogens with zero attached hydrogens (tertiary/aromatic N) is 2. The first kappa shape index (κ1) is 17.5. The first-order valence-electron chi connectivity index (χ1n) is 8.32. The Labute approximate surface area is 138 Å². The van der Waals surface area contributed by atoms with Gasteiger partial charge in [-0.25, -0.2) is 4.98 Å². The molecule has 22 heavy (non-hydrogen) atoms. The summed E-state index contributed by atoms with van der Waals surface area (Å²) >= 11 is 5.76. The van der Waals surface area contributed by atoms with Crippen LogP contribution < -0.4 is 4.74 Å². The van der Waals surface area contributed by atoms with Crippen molar-refractivity contribution in [3.8, 4) is 5.75 Å². The van der Waals surface area contributed by atoms with Gasteiger partial charge < -0.3 is 14.7 Å². The number of rotatable bonds is 8. The minimum absolute atomic E-state index is 0.126. The Kier molecular flexibility index (Phi) is 7.43. The van der Waals surface area contributed by atoms with Gasteiger partial charge in [-0.15, -0.1) is 0 Å². The summed E-state index contributed by atoms with van der Waals surface area (Å²) in [6.45, 7) is 6.16. The minimum Gasteiger partial charge on any atom is -0.492 e. The summed E-state index contributed by atoms with van der Waals surface area (Å²) in [6, 6.07) is 3.62. The zero-order valence-corrected chi connectivity index (χ0v) is 14.1. The van der Waals surface area contributed by atoms with Crippen LogP contribution in [0.15, 0.2) is 18.3 Å². The lowest BCUT2D eigenvalue weighted by Gasteiger charge is -2.31. The SMILES string of the molecule is CCC(O)CCCN1CCC(COc2ccc(Cl)nc2)CC1. The fraction of sp³-hybridized carbons (Fsp3) is 0.706. The first-order chi connectivity index (χ1) is 10.7. The Bertz CT molecular complexity index is 419. The van der Waals surface area contributed by atoms with Crippen molar-refractivity contribution in [2.24, 2.45) is 5.92 Å². The Hall–Kier alpha value is -0.840. The lowest BCUT2D eigenvalue weighted by atomic mass is 9.97. The number of piperidine rings is 1. The van der Waals surface area contributed by atoms with Gasteiger partial charge >= 0.3 is 0 Å². The molecule has 0 bridgehead atoms. The number of ether oxygens (including phenoxy) is 1. The summed E-state index contributed by atoms with van der Waals surface area (Å²) < 4.78 is 5.79. The molecule has 1 aliphatic rings. The van der Waals surface area contributed by atoms with Gasteiger partial charge in [0.2, 0.25) is 0 Å². The van der Waals surface area contributed by atoms with Crippen LogP contribution in [-0.2, 0) is 0 Å². The zero-order valence-electron chi connectivity index (χ0n) is 13.4. The van der Waals surface area contributed by atoms with Gasteiger partial charge in [0.05, 0.1) is 18.9 Å². The molecule has 0 aliphatic carbocycles. The highest BCUT2D eigenvalue weighted by atomic mass is 35.5. The van der Waals surface area contributed by atoms with Crippen molar-refractivity contribution in [1.82, 2.24) is 9.88 Å². The van der Waals surface area contributed by atoms with Gasteiger partial charge in [-0.3, -0.25) is 0 Å². The molecule has 124 valence electrons. The third kappa shape index (κ3) is 6.11. The average molecular weight is 327 g/mol. The normalized spacial score (nSPS) is 18.3. The third-order valence-corrected chi connectivity index (χ3v) is 4.60. The molecule has 0 saturated carbocycles. The Morgan fingerprint density at radius 2 is 2.18 bits per heavy atom. The second-order valence-corrected chi connectivity index (χ2v) is 6.50. The molecule has 1 atom stereocenters. The van der Waals surface area contributed by atoms with Crippen LogP contribution in [-0.4, -0.2) is 47.3 Å². The molecule has 1 unspecified atom stereocenters. The smallest absolute Gasteiger partial charge is 0.137 e. The monoisotopic (exact) mass is 326 g/mol. The van der Waals surface area contributed by atoms with Crippen LogP contribution in [0.1, 0.15) is 39.0 Å². The van der Waals surface area contributed by atoms with Crippen LogP contribution in [0.5, 0.6) is 5.75 Å². The van der Waals surface area contributed by atoms with E-state index in [1.54, 1.807) is 12.3 Å². The van der Waals surface area contributed by atoms with Gasteiger partial charge in [0, 0.05) is 0 Å².